The summed E-state index contributed by atoms with van der Waals surface area (Å²) in [6.07, 6.45) is 5.45. The van der Waals surface area contributed by atoms with Crippen molar-refractivity contribution in [2.45, 2.75) is 56.9 Å². The molecule has 2 N–H and O–H groups in total. The van der Waals surface area contributed by atoms with Crippen LogP contribution in [-0.4, -0.2) is 41.1 Å². The maximum absolute atomic E-state index is 6.00. The number of piperidine rings is 1. The Bertz CT molecular complexity index is 212. The summed E-state index contributed by atoms with van der Waals surface area (Å²) in [5, 5.41) is 0.834. The summed E-state index contributed by atoms with van der Waals surface area (Å²) in [6, 6.07) is 1.23. The molecule has 0 saturated carbocycles. The zero-order valence-electron chi connectivity index (χ0n) is 10.7. The van der Waals surface area contributed by atoms with Crippen LogP contribution in [0.3, 0.4) is 0 Å². The highest BCUT2D eigenvalue weighted by atomic mass is 32.2. The zero-order valence-corrected chi connectivity index (χ0v) is 11.5. The van der Waals surface area contributed by atoms with Crippen molar-refractivity contribution in [3.05, 3.63) is 0 Å². The predicted molar refractivity (Wildman–Crippen MR) is 72.9 cm³/mol. The normalized spacial score (nSPS) is 36.2. The third-order valence-electron chi connectivity index (χ3n) is 4.35. The molecule has 0 aliphatic carbocycles. The Hall–Kier alpha value is 0.270. The molecule has 2 heterocycles. The van der Waals surface area contributed by atoms with Gasteiger partial charge in [-0.05, 0) is 57.4 Å². The van der Waals surface area contributed by atoms with Gasteiger partial charge < -0.3 is 5.73 Å². The molecule has 0 bridgehead atoms. The molecule has 3 atom stereocenters. The van der Waals surface area contributed by atoms with Gasteiger partial charge in [-0.3, -0.25) is 4.90 Å². The highest BCUT2D eigenvalue weighted by Crippen LogP contribution is 2.31. The van der Waals surface area contributed by atoms with E-state index in [0.29, 0.717) is 6.04 Å². The number of nitrogens with two attached hydrogens (primary N) is 1. The lowest BCUT2D eigenvalue weighted by Gasteiger charge is -2.42. The third kappa shape index (κ3) is 2.93. The SMILES string of the molecule is CC(N)C1CCN(C2CCCSC2C)CC1. The van der Waals surface area contributed by atoms with Gasteiger partial charge in [-0.15, -0.1) is 0 Å². The molecule has 16 heavy (non-hydrogen) atoms. The van der Waals surface area contributed by atoms with Crippen molar-refractivity contribution in [2.24, 2.45) is 11.7 Å². The van der Waals surface area contributed by atoms with Gasteiger partial charge in [0, 0.05) is 17.3 Å². The van der Waals surface area contributed by atoms with Gasteiger partial charge in [0.05, 0.1) is 0 Å². The van der Waals surface area contributed by atoms with Crippen LogP contribution in [0, 0.1) is 5.92 Å². The Morgan fingerprint density at radius 3 is 2.50 bits per heavy atom. The van der Waals surface area contributed by atoms with Crippen molar-refractivity contribution in [1.29, 1.82) is 0 Å². The molecule has 0 spiro atoms. The van der Waals surface area contributed by atoms with Gasteiger partial charge in [0.25, 0.3) is 0 Å². The van der Waals surface area contributed by atoms with Crippen LogP contribution in [0.4, 0.5) is 0 Å². The van der Waals surface area contributed by atoms with E-state index in [-0.39, 0.29) is 0 Å². The number of hydrogen-bond donors (Lipinski definition) is 1. The van der Waals surface area contributed by atoms with Gasteiger partial charge in [0.1, 0.15) is 0 Å². The minimum atomic E-state index is 0.389. The van der Waals surface area contributed by atoms with Gasteiger partial charge in [0.2, 0.25) is 0 Å². The average Bonchev–Trinajstić information content (AvgIpc) is 2.30. The molecule has 2 rings (SSSR count). The van der Waals surface area contributed by atoms with Crippen LogP contribution in [0.1, 0.15) is 39.5 Å². The zero-order chi connectivity index (χ0) is 11.5. The molecule has 2 fully saturated rings. The van der Waals surface area contributed by atoms with Crippen molar-refractivity contribution in [1.82, 2.24) is 4.90 Å². The second-order valence-corrected chi connectivity index (χ2v) is 7.00. The predicted octanol–water partition coefficient (Wildman–Crippen LogP) is 2.33. The molecule has 2 aliphatic rings. The highest BCUT2D eigenvalue weighted by molar-refractivity contribution is 7.99. The molecule has 3 heteroatoms. The number of likely N-dealkylation sites (tertiary alicyclic amines) is 1. The van der Waals surface area contributed by atoms with Gasteiger partial charge in [-0.2, -0.15) is 11.8 Å². The van der Waals surface area contributed by atoms with Gasteiger partial charge in [-0.25, -0.2) is 0 Å². The van der Waals surface area contributed by atoms with Crippen molar-refractivity contribution in [2.75, 3.05) is 18.8 Å². The molecule has 2 saturated heterocycles. The standard InChI is InChI=1S/C13H26N2S/c1-10(14)12-5-7-15(8-6-12)13-4-3-9-16-11(13)2/h10-13H,3-9,14H2,1-2H3. The smallest absolute Gasteiger partial charge is 0.0212 e. The summed E-state index contributed by atoms with van der Waals surface area (Å²) in [6.45, 7) is 7.13. The second-order valence-electron chi connectivity index (χ2n) is 5.52. The number of nitrogens with zero attached hydrogens (tertiary/aromatic N) is 1. The Morgan fingerprint density at radius 2 is 1.94 bits per heavy atom. The first kappa shape index (κ1) is 12.7. The van der Waals surface area contributed by atoms with Crippen LogP contribution in [0.2, 0.25) is 0 Å². The molecule has 2 nitrogen and oxygen atoms in total. The summed E-state index contributed by atoms with van der Waals surface area (Å²) >= 11 is 2.16. The van der Waals surface area contributed by atoms with E-state index in [1.807, 2.05) is 0 Å². The Kier molecular flexibility index (Phi) is 4.57. The van der Waals surface area contributed by atoms with E-state index in [1.54, 1.807) is 0 Å². The number of thioether (sulfide) groups is 1. The quantitative estimate of drug-likeness (QED) is 0.806. The topological polar surface area (TPSA) is 29.3 Å². The van der Waals surface area contributed by atoms with Crippen molar-refractivity contribution < 1.29 is 0 Å². The fourth-order valence-electron chi connectivity index (χ4n) is 3.16. The third-order valence-corrected chi connectivity index (χ3v) is 5.72. The van der Waals surface area contributed by atoms with Gasteiger partial charge >= 0.3 is 0 Å². The van der Waals surface area contributed by atoms with Crippen LogP contribution in [-0.2, 0) is 0 Å². The summed E-state index contributed by atoms with van der Waals surface area (Å²) in [7, 11) is 0. The fraction of sp³-hybridized carbons (Fsp3) is 1.00. The summed E-state index contributed by atoms with van der Waals surface area (Å²) in [4.78, 5) is 2.73. The molecule has 0 aromatic heterocycles. The van der Waals surface area contributed by atoms with E-state index < -0.39 is 0 Å². The highest BCUT2D eigenvalue weighted by Gasteiger charge is 2.31. The summed E-state index contributed by atoms with van der Waals surface area (Å²) in [5.41, 5.74) is 6.00. The Balaban J connectivity index is 1.83. The van der Waals surface area contributed by atoms with Gasteiger partial charge in [0.15, 0.2) is 0 Å². The Morgan fingerprint density at radius 1 is 1.25 bits per heavy atom. The Labute approximate surface area is 104 Å². The molecule has 0 amide bonds. The minimum Gasteiger partial charge on any atom is -0.328 e. The van der Waals surface area contributed by atoms with Crippen molar-refractivity contribution >= 4 is 11.8 Å². The molecule has 0 aromatic rings. The molecule has 0 radical (unpaired) electrons. The van der Waals surface area contributed by atoms with Gasteiger partial charge in [-0.1, -0.05) is 6.92 Å². The molecular weight excluding hydrogens is 216 g/mol. The molecule has 94 valence electrons. The van der Waals surface area contributed by atoms with E-state index in [9.17, 15) is 0 Å². The van der Waals surface area contributed by atoms with E-state index in [0.717, 1.165) is 17.2 Å². The van der Waals surface area contributed by atoms with E-state index in [2.05, 4.69) is 30.5 Å². The van der Waals surface area contributed by atoms with Crippen molar-refractivity contribution in [3.8, 4) is 0 Å². The maximum Gasteiger partial charge on any atom is 0.0212 e. The van der Waals surface area contributed by atoms with E-state index >= 15 is 0 Å². The van der Waals surface area contributed by atoms with Crippen LogP contribution in [0.25, 0.3) is 0 Å². The lowest BCUT2D eigenvalue weighted by molar-refractivity contribution is 0.116. The first-order chi connectivity index (χ1) is 7.68. The lowest BCUT2D eigenvalue weighted by Crippen LogP contribution is -2.48. The second kappa shape index (κ2) is 5.74. The first-order valence-electron chi connectivity index (χ1n) is 6.79. The average molecular weight is 242 g/mol. The molecule has 2 aliphatic heterocycles. The lowest BCUT2D eigenvalue weighted by atomic mass is 9.89. The summed E-state index contributed by atoms with van der Waals surface area (Å²) in [5.74, 6) is 2.14. The maximum atomic E-state index is 6.00. The minimum absolute atomic E-state index is 0.389. The van der Waals surface area contributed by atoms with E-state index in [4.69, 9.17) is 5.73 Å². The van der Waals surface area contributed by atoms with Crippen LogP contribution in [0.5, 0.6) is 0 Å². The number of hydrogen-bond acceptors (Lipinski definition) is 3. The van der Waals surface area contributed by atoms with Crippen LogP contribution < -0.4 is 5.73 Å². The molecule has 3 unspecified atom stereocenters. The monoisotopic (exact) mass is 242 g/mol. The fourth-order valence-corrected chi connectivity index (χ4v) is 4.40. The first-order valence-corrected chi connectivity index (χ1v) is 7.84. The summed E-state index contributed by atoms with van der Waals surface area (Å²) < 4.78 is 0. The number of rotatable bonds is 2. The van der Waals surface area contributed by atoms with Crippen LogP contribution in [0.15, 0.2) is 0 Å². The molecule has 0 aromatic carbocycles. The van der Waals surface area contributed by atoms with Crippen molar-refractivity contribution in [3.63, 3.8) is 0 Å². The molecular formula is C13H26N2S. The van der Waals surface area contributed by atoms with E-state index in [1.165, 1.54) is 44.5 Å². The van der Waals surface area contributed by atoms with Crippen LogP contribution >= 0.6 is 11.8 Å². The largest absolute Gasteiger partial charge is 0.328 e.